The number of carbonyl (C=O) groups is 2. The van der Waals surface area contributed by atoms with Crippen molar-refractivity contribution >= 4 is 22.8 Å². The second kappa shape index (κ2) is 10.4. The fourth-order valence-electron chi connectivity index (χ4n) is 4.80. The lowest BCUT2D eigenvalue weighted by Crippen LogP contribution is -2.40. The normalized spacial score (nSPS) is 21.2. The zero-order valence-corrected chi connectivity index (χ0v) is 20.6. The van der Waals surface area contributed by atoms with Gasteiger partial charge in [0.05, 0.1) is 23.7 Å². The Bertz CT molecular complexity index is 1330. The van der Waals surface area contributed by atoms with Gasteiger partial charge in [0.1, 0.15) is 41.9 Å². The number of aryl methyl sites for hydroxylation is 1. The van der Waals surface area contributed by atoms with Gasteiger partial charge in [-0.25, -0.2) is 18.7 Å². The molecule has 0 aliphatic heterocycles. The Balaban J connectivity index is 1.39. The maximum absolute atomic E-state index is 14.7. The highest BCUT2D eigenvalue weighted by Gasteiger charge is 2.37. The topological polar surface area (TPSA) is 118 Å². The molecule has 0 spiro atoms. The number of nitrogens with zero attached hydrogens (tertiary/aromatic N) is 2. The van der Waals surface area contributed by atoms with Gasteiger partial charge < -0.3 is 25.1 Å². The summed E-state index contributed by atoms with van der Waals surface area (Å²) in [5.41, 5.74) is 2.44. The molecule has 3 aromatic rings. The molecule has 2 fully saturated rings. The van der Waals surface area contributed by atoms with E-state index in [9.17, 15) is 18.4 Å². The van der Waals surface area contributed by atoms with Gasteiger partial charge in [-0.1, -0.05) is 0 Å². The summed E-state index contributed by atoms with van der Waals surface area (Å²) >= 11 is 0. The number of aromatic nitrogens is 3. The highest BCUT2D eigenvalue weighted by atomic mass is 19.1. The van der Waals surface area contributed by atoms with Gasteiger partial charge in [-0.05, 0) is 50.3 Å². The molecule has 11 heteroatoms. The van der Waals surface area contributed by atoms with Crippen molar-refractivity contribution in [2.24, 2.45) is 5.92 Å². The first-order chi connectivity index (χ1) is 17.8. The maximum Gasteiger partial charge on any atom is 0.255 e. The van der Waals surface area contributed by atoms with Crippen LogP contribution < -0.4 is 15.4 Å². The molecule has 0 bridgehead atoms. The van der Waals surface area contributed by atoms with Crippen molar-refractivity contribution in [1.82, 2.24) is 25.6 Å². The number of benzene rings is 1. The van der Waals surface area contributed by atoms with Gasteiger partial charge in [0.2, 0.25) is 5.91 Å². The van der Waals surface area contributed by atoms with Crippen LogP contribution >= 0.6 is 0 Å². The monoisotopic (exact) mass is 513 g/mol. The molecule has 3 N–H and O–H groups in total. The Morgan fingerprint density at radius 2 is 2.00 bits per heavy atom. The number of carbonyl (C=O) groups excluding carboxylic acids is 2. The number of aromatic amines is 1. The second-order valence-electron chi connectivity index (χ2n) is 9.73. The maximum atomic E-state index is 14.7. The van der Waals surface area contributed by atoms with Crippen molar-refractivity contribution in [1.29, 1.82) is 0 Å². The van der Waals surface area contributed by atoms with E-state index in [4.69, 9.17) is 9.47 Å². The minimum absolute atomic E-state index is 0.1000. The van der Waals surface area contributed by atoms with Crippen LogP contribution in [0.25, 0.3) is 22.3 Å². The van der Waals surface area contributed by atoms with E-state index in [1.54, 1.807) is 13.0 Å². The van der Waals surface area contributed by atoms with Crippen molar-refractivity contribution in [2.45, 2.75) is 50.9 Å². The first kappa shape index (κ1) is 25.1. The van der Waals surface area contributed by atoms with Gasteiger partial charge in [0.15, 0.2) is 0 Å². The van der Waals surface area contributed by atoms with Crippen LogP contribution in [0.4, 0.5) is 8.78 Å². The van der Waals surface area contributed by atoms with E-state index in [1.807, 2.05) is 0 Å². The lowest BCUT2D eigenvalue weighted by Gasteiger charge is -2.15. The van der Waals surface area contributed by atoms with E-state index in [0.717, 1.165) is 12.8 Å². The number of amides is 2. The molecule has 9 nitrogen and oxygen atoms in total. The van der Waals surface area contributed by atoms with Crippen molar-refractivity contribution in [3.8, 4) is 17.0 Å². The lowest BCUT2D eigenvalue weighted by molar-refractivity contribution is -0.125. The number of hydrogen-bond donors (Lipinski definition) is 3. The van der Waals surface area contributed by atoms with E-state index < -0.39 is 30.0 Å². The second-order valence-corrected chi connectivity index (χ2v) is 9.73. The number of hydrogen-bond acceptors (Lipinski definition) is 6. The molecule has 1 aromatic carbocycles. The van der Waals surface area contributed by atoms with E-state index in [2.05, 4.69) is 25.6 Å². The van der Waals surface area contributed by atoms with Crippen LogP contribution in [0, 0.1) is 18.7 Å². The third-order valence-electron chi connectivity index (χ3n) is 6.81. The van der Waals surface area contributed by atoms with Gasteiger partial charge in [0.25, 0.3) is 5.91 Å². The average Bonchev–Trinajstić information content (AvgIpc) is 3.53. The molecule has 0 saturated heterocycles. The Kier molecular flexibility index (Phi) is 7.05. The van der Waals surface area contributed by atoms with E-state index in [0.29, 0.717) is 46.3 Å². The van der Waals surface area contributed by atoms with Gasteiger partial charge in [-0.2, -0.15) is 0 Å². The molecule has 0 unspecified atom stereocenters. The molecule has 3 atom stereocenters. The molecule has 0 radical (unpaired) electrons. The molecular formula is C26H29F2N5O4. The van der Waals surface area contributed by atoms with Crippen molar-refractivity contribution in [2.75, 3.05) is 20.3 Å². The Morgan fingerprint density at radius 1 is 1.19 bits per heavy atom. The number of halogens is 2. The van der Waals surface area contributed by atoms with Crippen LogP contribution in [0.2, 0.25) is 0 Å². The Morgan fingerprint density at radius 3 is 2.76 bits per heavy atom. The predicted molar refractivity (Wildman–Crippen MR) is 131 cm³/mol. The molecular weight excluding hydrogens is 484 g/mol. The molecule has 2 aliphatic carbocycles. The van der Waals surface area contributed by atoms with Gasteiger partial charge >= 0.3 is 0 Å². The largest absolute Gasteiger partial charge is 0.493 e. The van der Waals surface area contributed by atoms with Crippen molar-refractivity contribution in [3.63, 3.8) is 0 Å². The summed E-state index contributed by atoms with van der Waals surface area (Å²) in [6.07, 6.45) is 2.59. The highest BCUT2D eigenvalue weighted by molar-refractivity contribution is 6.09. The van der Waals surface area contributed by atoms with Gasteiger partial charge in [-0.15, -0.1) is 0 Å². The first-order valence-electron chi connectivity index (χ1n) is 12.3. The van der Waals surface area contributed by atoms with Gasteiger partial charge in [-0.3, -0.25) is 9.59 Å². The van der Waals surface area contributed by atoms with Crippen molar-refractivity contribution in [3.05, 3.63) is 41.6 Å². The zero-order valence-electron chi connectivity index (χ0n) is 20.6. The summed E-state index contributed by atoms with van der Waals surface area (Å²) in [6.45, 7) is 2.15. The third kappa shape index (κ3) is 5.41. The fraction of sp³-hybridized carbons (Fsp3) is 0.462. The Hall–Kier alpha value is -3.60. The number of H-pyrrole nitrogens is 1. The summed E-state index contributed by atoms with van der Waals surface area (Å²) < 4.78 is 39.7. The summed E-state index contributed by atoms with van der Waals surface area (Å²) in [4.78, 5) is 36.9. The summed E-state index contributed by atoms with van der Waals surface area (Å²) in [5, 5.41) is 5.48. The standard InChI is InChI=1S/C26H29F2N5O4/c1-13-22(26(35)33-19-9-16(8-18(19)28)32-21(34)11-36-2)24-25(31-13)23(29-12-30-24)17-7-15(27)5-6-20(17)37-10-14-3-4-14/h5-7,12,14,16,18-19,31H,3-4,8-11H2,1-2H3,(H,32,34)(H,33,35)/t16-,18-,19-/m1/s1. The average molecular weight is 514 g/mol. The van der Waals surface area contributed by atoms with Crippen LogP contribution in [-0.2, 0) is 9.53 Å². The van der Waals surface area contributed by atoms with Crippen molar-refractivity contribution < 1.29 is 27.8 Å². The molecule has 2 heterocycles. The van der Waals surface area contributed by atoms with E-state index in [1.165, 1.54) is 25.6 Å². The first-order valence-corrected chi connectivity index (χ1v) is 12.3. The molecule has 2 amide bonds. The number of fused-ring (bicyclic) bond motifs is 1. The third-order valence-corrected chi connectivity index (χ3v) is 6.81. The SMILES string of the molecule is COCC(=O)N[C@@H]1C[C@@H](F)[C@H](NC(=O)c2c(C)[nH]c3c(-c4cc(F)ccc4OCC4CC4)ncnc23)C1. The quantitative estimate of drug-likeness (QED) is 0.404. The summed E-state index contributed by atoms with van der Waals surface area (Å²) in [7, 11) is 1.41. The summed E-state index contributed by atoms with van der Waals surface area (Å²) in [5.74, 6) is -0.256. The molecule has 2 saturated carbocycles. The number of methoxy groups -OCH3 is 1. The highest BCUT2D eigenvalue weighted by Crippen LogP contribution is 2.37. The van der Waals surface area contributed by atoms with Crippen LogP contribution in [0.1, 0.15) is 41.7 Å². The van der Waals surface area contributed by atoms with E-state index in [-0.39, 0.29) is 30.9 Å². The minimum Gasteiger partial charge on any atom is -0.493 e. The number of nitrogens with one attached hydrogen (secondary N) is 3. The molecule has 2 aromatic heterocycles. The minimum atomic E-state index is -1.31. The number of ether oxygens (including phenoxy) is 2. The molecule has 2 aliphatic rings. The smallest absolute Gasteiger partial charge is 0.255 e. The zero-order chi connectivity index (χ0) is 26.1. The molecule has 37 heavy (non-hydrogen) atoms. The Labute approximate surface area is 212 Å². The van der Waals surface area contributed by atoms with E-state index >= 15 is 0 Å². The fourth-order valence-corrected chi connectivity index (χ4v) is 4.80. The predicted octanol–water partition coefficient (Wildman–Crippen LogP) is 3.22. The molecule has 196 valence electrons. The lowest BCUT2D eigenvalue weighted by atomic mass is 10.1. The van der Waals surface area contributed by atoms with Crippen LogP contribution in [0.5, 0.6) is 5.75 Å². The number of alkyl halides is 1. The summed E-state index contributed by atoms with van der Waals surface area (Å²) in [6, 6.07) is 3.10. The van der Waals surface area contributed by atoms with Crippen LogP contribution in [0.15, 0.2) is 24.5 Å². The number of rotatable bonds is 9. The molecule has 5 rings (SSSR count). The van der Waals surface area contributed by atoms with Crippen LogP contribution in [0.3, 0.4) is 0 Å². The van der Waals surface area contributed by atoms with Gasteiger partial charge in [0, 0.05) is 30.8 Å². The van der Waals surface area contributed by atoms with Crippen LogP contribution in [-0.4, -0.2) is 65.3 Å².